The number of hydrogen-bond acceptors (Lipinski definition) is 3. The molecule has 2 N–H and O–H groups in total. The number of rotatable bonds is 4. The molecule has 3 unspecified atom stereocenters. The van der Waals surface area contributed by atoms with Crippen LogP contribution in [0, 0.1) is 17.2 Å². The van der Waals surface area contributed by atoms with Gasteiger partial charge in [0.05, 0.1) is 6.07 Å². The highest BCUT2D eigenvalue weighted by Crippen LogP contribution is 2.36. The average Bonchev–Trinajstić information content (AvgIpc) is 2.03. The lowest BCUT2D eigenvalue weighted by Crippen LogP contribution is -2.36. The molecule has 0 radical (unpaired) electrons. The second-order valence-corrected chi connectivity index (χ2v) is 10.7. The summed E-state index contributed by atoms with van der Waals surface area (Å²) < 4.78 is 0. The van der Waals surface area contributed by atoms with Crippen molar-refractivity contribution in [3.05, 3.63) is 0 Å². The van der Waals surface area contributed by atoms with Crippen molar-refractivity contribution < 1.29 is 10.0 Å². The monoisotopic (exact) mass is 213 g/mol. The van der Waals surface area contributed by atoms with E-state index in [1.165, 1.54) is 0 Å². The van der Waals surface area contributed by atoms with Gasteiger partial charge in [0.2, 0.25) is 0 Å². The molecule has 0 rings (SSSR count). The predicted octanol–water partition coefficient (Wildman–Crippen LogP) is 1.72. The summed E-state index contributed by atoms with van der Waals surface area (Å²) in [5.41, 5.74) is 0.268. The first-order chi connectivity index (χ1) is 6.21. The highest BCUT2D eigenvalue weighted by Gasteiger charge is 2.37. The summed E-state index contributed by atoms with van der Waals surface area (Å²) in [6.45, 7) is 10.3. The van der Waals surface area contributed by atoms with Crippen LogP contribution in [0.1, 0.15) is 13.8 Å². The van der Waals surface area contributed by atoms with E-state index in [0.29, 0.717) is 0 Å². The maximum Gasteiger partial charge on any atom is 0.455 e. The van der Waals surface area contributed by atoms with Crippen molar-refractivity contribution in [1.29, 1.82) is 5.26 Å². The smallest absolute Gasteiger partial charge is 0.427 e. The third-order valence-corrected chi connectivity index (χ3v) is 6.18. The highest BCUT2D eigenvalue weighted by molar-refractivity contribution is 6.77. The zero-order valence-electron chi connectivity index (χ0n) is 9.65. The molecule has 0 spiro atoms. The van der Waals surface area contributed by atoms with Gasteiger partial charge in [0.15, 0.2) is 0 Å². The normalized spacial score (nSPS) is 18.1. The van der Waals surface area contributed by atoms with Crippen LogP contribution >= 0.6 is 0 Å². The second-order valence-electron chi connectivity index (χ2n) is 5.08. The molecular formula is C9H20BNO2Si. The molecule has 0 aromatic heterocycles. The van der Waals surface area contributed by atoms with Crippen LogP contribution in [-0.4, -0.2) is 25.2 Å². The van der Waals surface area contributed by atoms with Gasteiger partial charge in [-0.2, -0.15) is 5.26 Å². The second kappa shape index (κ2) is 4.97. The van der Waals surface area contributed by atoms with Crippen molar-refractivity contribution >= 4 is 15.2 Å². The minimum absolute atomic E-state index is 0.262. The van der Waals surface area contributed by atoms with Crippen molar-refractivity contribution in [2.75, 3.05) is 0 Å². The maximum absolute atomic E-state index is 9.06. The Bertz CT molecular complexity index is 222. The summed E-state index contributed by atoms with van der Waals surface area (Å²) in [5, 5.41) is 27.1. The first-order valence-corrected chi connectivity index (χ1v) is 8.55. The molecule has 0 aliphatic rings. The molecule has 0 aliphatic carbocycles. The van der Waals surface area contributed by atoms with Crippen molar-refractivity contribution in [3.8, 4) is 6.07 Å². The fourth-order valence-corrected chi connectivity index (χ4v) is 2.86. The number of hydrogen-bond donors (Lipinski definition) is 2. The molecular weight excluding hydrogens is 193 g/mol. The molecule has 0 amide bonds. The van der Waals surface area contributed by atoms with Crippen LogP contribution in [0.2, 0.25) is 31.0 Å². The Morgan fingerprint density at radius 2 is 1.64 bits per heavy atom. The Hall–Kier alpha value is -0.308. The average molecular weight is 213 g/mol. The van der Waals surface area contributed by atoms with E-state index in [-0.39, 0.29) is 17.3 Å². The lowest BCUT2D eigenvalue weighted by molar-refractivity contribution is 0.367. The quantitative estimate of drug-likeness (QED) is 0.699. The van der Waals surface area contributed by atoms with E-state index in [1.54, 1.807) is 6.92 Å². The van der Waals surface area contributed by atoms with E-state index in [0.717, 1.165) is 0 Å². The van der Waals surface area contributed by atoms with Crippen LogP contribution in [0.3, 0.4) is 0 Å². The summed E-state index contributed by atoms with van der Waals surface area (Å²) in [6, 6.07) is 2.20. The summed E-state index contributed by atoms with van der Waals surface area (Å²) in [6.07, 6.45) is 0. The Balaban J connectivity index is 4.67. The molecule has 3 nitrogen and oxygen atoms in total. The van der Waals surface area contributed by atoms with Gasteiger partial charge < -0.3 is 10.0 Å². The Morgan fingerprint density at radius 3 is 1.86 bits per heavy atom. The van der Waals surface area contributed by atoms with E-state index in [2.05, 4.69) is 25.7 Å². The van der Waals surface area contributed by atoms with Gasteiger partial charge in [-0.25, -0.2) is 0 Å². The molecule has 0 fully saturated rings. The largest absolute Gasteiger partial charge is 0.455 e. The summed E-state index contributed by atoms with van der Waals surface area (Å²) >= 11 is 0. The van der Waals surface area contributed by atoms with E-state index in [1.807, 2.05) is 6.92 Å². The first-order valence-electron chi connectivity index (χ1n) is 4.97. The number of nitrogens with zero attached hydrogens (tertiary/aromatic N) is 1. The molecule has 3 atom stereocenters. The van der Waals surface area contributed by atoms with Gasteiger partial charge >= 0.3 is 7.12 Å². The van der Waals surface area contributed by atoms with Crippen molar-refractivity contribution in [2.24, 2.45) is 5.92 Å². The summed E-state index contributed by atoms with van der Waals surface area (Å²) in [4.78, 5) is 0. The van der Waals surface area contributed by atoms with E-state index in [4.69, 9.17) is 15.3 Å². The molecule has 0 heterocycles. The molecule has 0 aliphatic heterocycles. The molecule has 14 heavy (non-hydrogen) atoms. The topological polar surface area (TPSA) is 64.2 Å². The van der Waals surface area contributed by atoms with Crippen LogP contribution in [0.15, 0.2) is 0 Å². The minimum Gasteiger partial charge on any atom is -0.427 e. The Morgan fingerprint density at radius 1 is 1.21 bits per heavy atom. The van der Waals surface area contributed by atoms with E-state index < -0.39 is 15.2 Å². The fraction of sp³-hybridized carbons (Fsp3) is 0.889. The van der Waals surface area contributed by atoms with Crippen LogP contribution in [-0.2, 0) is 0 Å². The van der Waals surface area contributed by atoms with E-state index in [9.17, 15) is 0 Å². The van der Waals surface area contributed by atoms with E-state index >= 15 is 0 Å². The van der Waals surface area contributed by atoms with Gasteiger partial charge in [0.1, 0.15) is 0 Å². The van der Waals surface area contributed by atoms with Crippen LogP contribution in [0.4, 0.5) is 0 Å². The lowest BCUT2D eigenvalue weighted by Gasteiger charge is -2.32. The van der Waals surface area contributed by atoms with Gasteiger partial charge in [-0.05, 0) is 5.54 Å². The maximum atomic E-state index is 9.06. The Kier molecular flexibility index (Phi) is 4.86. The predicted molar refractivity (Wildman–Crippen MR) is 61.5 cm³/mol. The van der Waals surface area contributed by atoms with Crippen molar-refractivity contribution in [3.63, 3.8) is 0 Å². The van der Waals surface area contributed by atoms with Crippen molar-refractivity contribution in [2.45, 2.75) is 44.8 Å². The number of nitriles is 1. The molecule has 80 valence electrons. The van der Waals surface area contributed by atoms with Crippen LogP contribution in [0.25, 0.3) is 0 Å². The van der Waals surface area contributed by atoms with Crippen molar-refractivity contribution in [1.82, 2.24) is 0 Å². The van der Waals surface area contributed by atoms with Crippen LogP contribution in [0.5, 0.6) is 0 Å². The van der Waals surface area contributed by atoms with Gasteiger partial charge in [0, 0.05) is 19.8 Å². The summed E-state index contributed by atoms with van der Waals surface area (Å²) in [5.74, 6) is -0.636. The lowest BCUT2D eigenvalue weighted by atomic mass is 9.66. The van der Waals surface area contributed by atoms with Gasteiger partial charge in [-0.3, -0.25) is 0 Å². The van der Waals surface area contributed by atoms with Gasteiger partial charge in [-0.15, -0.1) is 0 Å². The van der Waals surface area contributed by atoms with Gasteiger partial charge in [-0.1, -0.05) is 33.5 Å². The van der Waals surface area contributed by atoms with Gasteiger partial charge in [0.25, 0.3) is 0 Å². The first kappa shape index (κ1) is 13.7. The van der Waals surface area contributed by atoms with Crippen LogP contribution < -0.4 is 0 Å². The molecule has 0 aromatic carbocycles. The molecule has 5 heteroatoms. The highest BCUT2D eigenvalue weighted by atomic mass is 28.3. The molecule has 0 saturated carbocycles. The molecule has 0 saturated heterocycles. The standard InChI is InChI=1S/C9H20BNO2Si/c1-7(10(12)13)9(6-11)8(2)14(3,4)5/h7-9,12-13H,1-5H3. The minimum atomic E-state index is -1.40. The fourth-order valence-electron chi connectivity index (χ4n) is 1.41. The SMILES string of the molecule is CC(B(O)O)C(C#N)C(C)[Si](C)(C)C. The molecule has 0 bridgehead atoms. The third kappa shape index (κ3) is 3.45. The summed E-state index contributed by atoms with van der Waals surface area (Å²) in [7, 11) is -2.79. The molecule has 0 aromatic rings. The zero-order chi connectivity index (χ0) is 11.5. The Labute approximate surface area is 87.9 Å². The zero-order valence-corrected chi connectivity index (χ0v) is 10.7. The third-order valence-electron chi connectivity index (χ3n) is 3.09.